The van der Waals surface area contributed by atoms with Gasteiger partial charge in [-0.3, -0.25) is 19.1 Å². The summed E-state index contributed by atoms with van der Waals surface area (Å²) in [7, 11) is -4.02. The van der Waals surface area contributed by atoms with Crippen LogP contribution in [0.3, 0.4) is 0 Å². The van der Waals surface area contributed by atoms with Gasteiger partial charge < -0.3 is 39.2 Å². The summed E-state index contributed by atoms with van der Waals surface area (Å²) >= 11 is 0. The van der Waals surface area contributed by atoms with Gasteiger partial charge in [0.05, 0.1) is 42.2 Å². The largest absolute Gasteiger partial charge is 0.492 e. The first kappa shape index (κ1) is 44.5. The van der Waals surface area contributed by atoms with Crippen LogP contribution in [-0.4, -0.2) is 109 Å². The van der Waals surface area contributed by atoms with Crippen molar-refractivity contribution < 1.29 is 51.3 Å². The highest BCUT2D eigenvalue weighted by Crippen LogP contribution is 2.47. The van der Waals surface area contributed by atoms with Crippen LogP contribution in [0.2, 0.25) is 0 Å². The Hall–Kier alpha value is -4.74. The zero-order chi connectivity index (χ0) is 44.6. The second-order valence-electron chi connectivity index (χ2n) is 19.0. The van der Waals surface area contributed by atoms with E-state index in [1.807, 2.05) is 24.3 Å². The van der Waals surface area contributed by atoms with Gasteiger partial charge in [-0.2, -0.15) is 0 Å². The standard InChI is InChI=1S/C47H61N5O11S/c1-3-31-27-47(31,44(55)51-64(57,58)46(2)21-22-46)50-41(53)36-26-32-28-52(36)43(54)39(30-13-7-8-14-30)49-45(56)63-37-19-11-15-29(37)12-5-4-6-17-34-40(61-23-20-38-59-24-25-60-38)33-16-9-10-18-35(33)48-42(34)62-32/h3-4,6,9-10,16,18,29-32,36-39H,1,5,7-8,11-15,17,19-28H2,2H3,(H,49,56)(H,50,53)(H,51,55)/t29-,31-,32-,36+,37-,39+,47-/m1/s1. The lowest BCUT2D eigenvalue weighted by Gasteiger charge is -2.32. The number of alkyl carbamates (subject to hydrolysis) is 1. The van der Waals surface area contributed by atoms with Crippen LogP contribution < -0.4 is 24.8 Å². The van der Waals surface area contributed by atoms with Crippen LogP contribution in [0.4, 0.5) is 4.79 Å². The molecule has 346 valence electrons. The minimum absolute atomic E-state index is 0.0202. The van der Waals surface area contributed by atoms with E-state index in [4.69, 9.17) is 28.7 Å². The van der Waals surface area contributed by atoms with Crippen molar-refractivity contribution in [2.24, 2.45) is 17.8 Å². The number of pyridine rings is 1. The van der Waals surface area contributed by atoms with Crippen molar-refractivity contribution >= 4 is 44.7 Å². The fourth-order valence-electron chi connectivity index (χ4n) is 10.4. The molecule has 7 atom stereocenters. The van der Waals surface area contributed by atoms with E-state index in [2.05, 4.69) is 34.1 Å². The molecule has 4 saturated carbocycles. The first-order valence-electron chi connectivity index (χ1n) is 23.3. The van der Waals surface area contributed by atoms with Gasteiger partial charge in [0, 0.05) is 24.1 Å². The Kier molecular flexibility index (Phi) is 12.7. The van der Waals surface area contributed by atoms with Crippen molar-refractivity contribution in [2.45, 2.75) is 144 Å². The maximum Gasteiger partial charge on any atom is 0.408 e. The molecular formula is C47H61N5O11S. The number of carbonyl (C=O) groups is 4. The summed E-state index contributed by atoms with van der Waals surface area (Å²) in [6, 6.07) is 5.53. The van der Waals surface area contributed by atoms with Crippen molar-refractivity contribution in [1.29, 1.82) is 0 Å². The van der Waals surface area contributed by atoms with Crippen molar-refractivity contribution in [3.63, 3.8) is 0 Å². The molecule has 16 nitrogen and oxygen atoms in total. The van der Waals surface area contributed by atoms with E-state index < -0.39 is 68.2 Å². The first-order valence-corrected chi connectivity index (χ1v) is 24.7. The molecule has 2 aromatic rings. The van der Waals surface area contributed by atoms with Gasteiger partial charge in [-0.25, -0.2) is 18.2 Å². The second-order valence-corrected chi connectivity index (χ2v) is 21.2. The van der Waals surface area contributed by atoms with Crippen LogP contribution in [-0.2, 0) is 45.0 Å². The number of para-hydroxylation sites is 1. The molecule has 7 aliphatic rings. The predicted molar refractivity (Wildman–Crippen MR) is 235 cm³/mol. The molecule has 9 rings (SSSR count). The summed E-state index contributed by atoms with van der Waals surface area (Å²) in [5.41, 5.74) is -0.233. The fraction of sp³-hybridized carbons (Fsp3) is 0.638. The smallest absolute Gasteiger partial charge is 0.408 e. The van der Waals surface area contributed by atoms with Crippen molar-refractivity contribution in [3.8, 4) is 11.6 Å². The van der Waals surface area contributed by atoms with Crippen molar-refractivity contribution in [3.05, 3.63) is 54.6 Å². The Balaban J connectivity index is 1.07. The number of nitrogens with one attached hydrogen (secondary N) is 3. The lowest BCUT2D eigenvalue weighted by molar-refractivity contribution is -0.142. The van der Waals surface area contributed by atoms with Gasteiger partial charge in [-0.1, -0.05) is 43.2 Å². The molecule has 4 aliphatic carbocycles. The maximum absolute atomic E-state index is 15.1. The average molecular weight is 904 g/mol. The molecule has 1 aromatic heterocycles. The van der Waals surface area contributed by atoms with Crippen LogP contribution in [0.15, 0.2) is 49.1 Å². The molecule has 6 fully saturated rings. The number of aromatic nitrogens is 1. The molecule has 2 saturated heterocycles. The first-order chi connectivity index (χ1) is 30.9. The number of carbonyl (C=O) groups excluding carboxylic acids is 4. The van der Waals surface area contributed by atoms with E-state index in [9.17, 15) is 22.8 Å². The number of nitrogens with zero attached hydrogens (tertiary/aromatic N) is 2. The number of ether oxygens (including phenoxy) is 5. The lowest BCUT2D eigenvalue weighted by Crippen LogP contribution is -2.59. The number of hydrogen-bond donors (Lipinski definition) is 3. The predicted octanol–water partition coefficient (Wildman–Crippen LogP) is 5.13. The maximum atomic E-state index is 15.1. The Morgan fingerprint density at radius 2 is 1.78 bits per heavy atom. The minimum Gasteiger partial charge on any atom is -0.492 e. The number of sulfonamides is 1. The van der Waals surface area contributed by atoms with Crippen LogP contribution in [0.1, 0.15) is 102 Å². The molecular weight excluding hydrogens is 843 g/mol. The molecule has 3 aliphatic heterocycles. The van der Waals surface area contributed by atoms with E-state index in [1.165, 1.54) is 11.0 Å². The Labute approximate surface area is 374 Å². The molecule has 2 bridgehead atoms. The third-order valence-electron chi connectivity index (χ3n) is 14.7. The Morgan fingerprint density at radius 1 is 1.02 bits per heavy atom. The zero-order valence-corrected chi connectivity index (χ0v) is 37.4. The van der Waals surface area contributed by atoms with Gasteiger partial charge in [0.2, 0.25) is 27.7 Å². The minimum atomic E-state index is -4.02. The van der Waals surface area contributed by atoms with Gasteiger partial charge in [-0.05, 0) is 102 Å². The van der Waals surface area contributed by atoms with Gasteiger partial charge in [-0.15, -0.1) is 6.58 Å². The normalized spacial score (nSPS) is 30.9. The highest BCUT2D eigenvalue weighted by molar-refractivity contribution is 7.91. The molecule has 0 unspecified atom stereocenters. The highest BCUT2D eigenvalue weighted by atomic mass is 32.2. The SMILES string of the molecule is C=C[C@@H]1C[C@]1(NC(=O)[C@@H]1C[C@@H]2CN1C(=O)[C@H](C1CCCC1)NC(=O)O[C@@H]1CCC[C@H]1CCC=CCc1c(nc3ccccc3c1OCCC1OCCO1)O2)C(=O)NS(=O)(=O)C1(C)CC1. The third kappa shape index (κ3) is 9.08. The monoisotopic (exact) mass is 903 g/mol. The van der Waals surface area contributed by atoms with E-state index in [1.54, 1.807) is 6.92 Å². The van der Waals surface area contributed by atoms with Crippen LogP contribution >= 0.6 is 0 Å². The van der Waals surface area contributed by atoms with Crippen LogP contribution in [0.5, 0.6) is 11.6 Å². The van der Waals surface area contributed by atoms with E-state index in [-0.39, 0.29) is 43.6 Å². The zero-order valence-electron chi connectivity index (χ0n) is 36.6. The van der Waals surface area contributed by atoms with E-state index >= 15 is 4.79 Å². The average Bonchev–Trinajstić information content (AvgIpc) is 3.72. The van der Waals surface area contributed by atoms with E-state index in [0.717, 1.165) is 50.3 Å². The van der Waals surface area contributed by atoms with Gasteiger partial charge in [0.15, 0.2) is 6.29 Å². The molecule has 0 spiro atoms. The van der Waals surface area contributed by atoms with Gasteiger partial charge in [0.25, 0.3) is 5.91 Å². The second kappa shape index (κ2) is 18.3. The Morgan fingerprint density at radius 3 is 2.53 bits per heavy atom. The number of benzene rings is 1. The topological polar surface area (TPSA) is 201 Å². The number of allylic oxidation sites excluding steroid dienone is 2. The molecule has 3 N–H and O–H groups in total. The van der Waals surface area contributed by atoms with E-state index in [0.29, 0.717) is 81.1 Å². The number of fused-ring (bicyclic) bond motifs is 5. The summed E-state index contributed by atoms with van der Waals surface area (Å²) in [5, 5.41) is 6.65. The van der Waals surface area contributed by atoms with Crippen LogP contribution in [0, 0.1) is 17.8 Å². The summed E-state index contributed by atoms with van der Waals surface area (Å²) in [6.45, 7) is 6.77. The molecule has 17 heteroatoms. The summed E-state index contributed by atoms with van der Waals surface area (Å²) in [5.74, 6) is -1.58. The number of amides is 4. The fourth-order valence-corrected chi connectivity index (χ4v) is 11.7. The Bertz CT molecular complexity index is 2270. The third-order valence-corrected chi connectivity index (χ3v) is 16.8. The quantitative estimate of drug-likeness (QED) is 0.252. The summed E-state index contributed by atoms with van der Waals surface area (Å²) < 4.78 is 58.5. The van der Waals surface area contributed by atoms with Gasteiger partial charge in [0.1, 0.15) is 35.6 Å². The van der Waals surface area contributed by atoms with Gasteiger partial charge >= 0.3 is 6.09 Å². The summed E-state index contributed by atoms with van der Waals surface area (Å²) in [4.78, 5) is 63.9. The number of hydrogen-bond acceptors (Lipinski definition) is 12. The number of rotatable bonds is 11. The molecule has 4 heterocycles. The molecule has 64 heavy (non-hydrogen) atoms. The molecule has 1 aromatic carbocycles. The molecule has 0 radical (unpaired) electrons. The lowest BCUT2D eigenvalue weighted by atomic mass is 9.96. The van der Waals surface area contributed by atoms with Crippen LogP contribution in [0.25, 0.3) is 10.9 Å². The molecule has 4 amide bonds. The van der Waals surface area contributed by atoms with Crippen molar-refractivity contribution in [1.82, 2.24) is 25.2 Å². The summed E-state index contributed by atoms with van der Waals surface area (Å²) in [6.07, 6.45) is 13.0. The highest BCUT2D eigenvalue weighted by Gasteiger charge is 2.63. The van der Waals surface area contributed by atoms with Crippen molar-refractivity contribution in [2.75, 3.05) is 26.4 Å².